The van der Waals surface area contributed by atoms with E-state index in [-0.39, 0.29) is 0 Å². The summed E-state index contributed by atoms with van der Waals surface area (Å²) in [6.07, 6.45) is 3.21. The largest absolute Gasteiger partial charge is 0.494 e. The Morgan fingerprint density at radius 1 is 1.14 bits per heavy atom. The summed E-state index contributed by atoms with van der Waals surface area (Å²) in [6, 6.07) is 6.23. The topological polar surface area (TPSA) is 30.9 Å². The zero-order valence-electron chi connectivity index (χ0n) is 14.0. The first-order valence-corrected chi connectivity index (χ1v) is 8.52. The summed E-state index contributed by atoms with van der Waals surface area (Å²) in [5.41, 5.74) is 1.28. The fourth-order valence-electron chi connectivity index (χ4n) is 2.66. The van der Waals surface area contributed by atoms with E-state index >= 15 is 0 Å². The number of rotatable bonds is 9. The second-order valence-corrected chi connectivity index (χ2v) is 5.61. The molecule has 0 radical (unpaired) electrons. The fraction of sp³-hybridized carbons (Fsp3) is 0.667. The van der Waals surface area contributed by atoms with Crippen molar-refractivity contribution in [2.75, 3.05) is 46.1 Å². The summed E-state index contributed by atoms with van der Waals surface area (Å²) in [4.78, 5) is 2.48. The van der Waals surface area contributed by atoms with Crippen LogP contribution in [-0.4, -0.2) is 51.0 Å². The van der Waals surface area contributed by atoms with Gasteiger partial charge in [-0.25, -0.2) is 0 Å². The molecule has 1 aromatic carbocycles. The fourth-order valence-corrected chi connectivity index (χ4v) is 2.66. The Hall–Kier alpha value is -1.26. The molecule has 1 fully saturated rings. The van der Waals surface area contributed by atoms with E-state index in [1.54, 1.807) is 0 Å². The number of morpholine rings is 1. The van der Waals surface area contributed by atoms with Crippen LogP contribution in [-0.2, 0) is 11.2 Å². The van der Waals surface area contributed by atoms with Gasteiger partial charge in [-0.2, -0.15) is 0 Å². The van der Waals surface area contributed by atoms with E-state index in [9.17, 15) is 0 Å². The molecule has 0 aliphatic carbocycles. The van der Waals surface area contributed by atoms with Crippen molar-refractivity contribution in [3.63, 3.8) is 0 Å². The predicted octanol–water partition coefficient (Wildman–Crippen LogP) is 3.14. The van der Waals surface area contributed by atoms with Crippen LogP contribution >= 0.6 is 0 Å². The van der Waals surface area contributed by atoms with E-state index in [0.717, 1.165) is 70.2 Å². The molecule has 1 heterocycles. The Kier molecular flexibility index (Phi) is 7.54. The molecule has 0 aromatic heterocycles. The number of hydrogen-bond donors (Lipinski definition) is 0. The Labute approximate surface area is 134 Å². The van der Waals surface area contributed by atoms with Gasteiger partial charge >= 0.3 is 0 Å². The minimum atomic E-state index is 0.684. The highest BCUT2D eigenvalue weighted by Crippen LogP contribution is 2.26. The third kappa shape index (κ3) is 5.50. The average molecular weight is 307 g/mol. The zero-order chi connectivity index (χ0) is 15.6. The van der Waals surface area contributed by atoms with Gasteiger partial charge in [0, 0.05) is 19.2 Å². The molecule has 1 aromatic rings. The molecule has 0 spiro atoms. The van der Waals surface area contributed by atoms with Crippen molar-refractivity contribution in [1.82, 2.24) is 4.90 Å². The number of aryl methyl sites for hydroxylation is 1. The second-order valence-electron chi connectivity index (χ2n) is 5.61. The molecular formula is C18H29NO3. The van der Waals surface area contributed by atoms with Crippen LogP contribution < -0.4 is 9.47 Å². The predicted molar refractivity (Wildman–Crippen MR) is 89.0 cm³/mol. The van der Waals surface area contributed by atoms with Crippen molar-refractivity contribution in [3.05, 3.63) is 23.8 Å². The minimum absolute atomic E-state index is 0.684. The molecule has 2 rings (SSSR count). The van der Waals surface area contributed by atoms with Gasteiger partial charge < -0.3 is 14.2 Å². The van der Waals surface area contributed by atoms with Crippen LogP contribution in [0.4, 0.5) is 0 Å². The third-order valence-corrected chi connectivity index (χ3v) is 3.84. The van der Waals surface area contributed by atoms with Gasteiger partial charge in [-0.1, -0.05) is 13.0 Å². The highest BCUT2D eigenvalue weighted by molar-refractivity contribution is 5.41. The first-order chi connectivity index (χ1) is 10.8. The van der Waals surface area contributed by atoms with Gasteiger partial charge in [0.15, 0.2) is 0 Å². The first kappa shape index (κ1) is 17.1. The maximum atomic E-state index is 5.90. The molecule has 4 heteroatoms. The Bertz CT molecular complexity index is 430. The van der Waals surface area contributed by atoms with E-state index in [2.05, 4.69) is 17.9 Å². The van der Waals surface area contributed by atoms with Gasteiger partial charge in [-0.15, -0.1) is 0 Å². The van der Waals surface area contributed by atoms with Crippen LogP contribution in [0.3, 0.4) is 0 Å². The summed E-state index contributed by atoms with van der Waals surface area (Å²) in [6.45, 7) is 10.6. The standard InChI is InChI=1S/C18H29NO3/c1-3-12-22-18-15-17(21-4-2)8-7-16(18)6-5-9-19-10-13-20-14-11-19/h7-8,15H,3-6,9-14H2,1-2H3. The highest BCUT2D eigenvalue weighted by atomic mass is 16.5. The van der Waals surface area contributed by atoms with Crippen molar-refractivity contribution in [2.45, 2.75) is 33.1 Å². The van der Waals surface area contributed by atoms with Crippen LogP contribution in [0.5, 0.6) is 11.5 Å². The maximum Gasteiger partial charge on any atom is 0.126 e. The van der Waals surface area contributed by atoms with Crippen LogP contribution in [0.25, 0.3) is 0 Å². The monoisotopic (exact) mass is 307 g/mol. The number of hydrogen-bond acceptors (Lipinski definition) is 4. The average Bonchev–Trinajstić information content (AvgIpc) is 2.56. The van der Waals surface area contributed by atoms with E-state index in [0.29, 0.717) is 6.61 Å². The van der Waals surface area contributed by atoms with Gasteiger partial charge in [-0.3, -0.25) is 4.90 Å². The smallest absolute Gasteiger partial charge is 0.126 e. The molecule has 0 N–H and O–H groups in total. The highest BCUT2D eigenvalue weighted by Gasteiger charge is 2.11. The molecule has 22 heavy (non-hydrogen) atoms. The lowest BCUT2D eigenvalue weighted by Gasteiger charge is -2.26. The van der Waals surface area contributed by atoms with Crippen LogP contribution in [0, 0.1) is 0 Å². The van der Waals surface area contributed by atoms with Gasteiger partial charge in [0.2, 0.25) is 0 Å². The molecule has 4 nitrogen and oxygen atoms in total. The summed E-state index contributed by atoms with van der Waals surface area (Å²) in [5, 5.41) is 0. The molecular weight excluding hydrogens is 278 g/mol. The van der Waals surface area contributed by atoms with Crippen molar-refractivity contribution in [2.24, 2.45) is 0 Å². The second kappa shape index (κ2) is 9.70. The molecule has 0 bridgehead atoms. The SMILES string of the molecule is CCCOc1cc(OCC)ccc1CCCN1CCOCC1. The van der Waals surface area contributed by atoms with E-state index in [1.807, 2.05) is 19.1 Å². The summed E-state index contributed by atoms with van der Waals surface area (Å²) < 4.78 is 16.9. The third-order valence-electron chi connectivity index (χ3n) is 3.84. The summed E-state index contributed by atoms with van der Waals surface area (Å²) in [7, 11) is 0. The van der Waals surface area contributed by atoms with Gasteiger partial charge in [0.05, 0.1) is 26.4 Å². The lowest BCUT2D eigenvalue weighted by atomic mass is 10.1. The lowest BCUT2D eigenvalue weighted by Crippen LogP contribution is -2.36. The molecule has 0 saturated carbocycles. The van der Waals surface area contributed by atoms with E-state index in [4.69, 9.17) is 14.2 Å². The van der Waals surface area contributed by atoms with Crippen molar-refractivity contribution in [1.29, 1.82) is 0 Å². The zero-order valence-corrected chi connectivity index (χ0v) is 14.0. The summed E-state index contributed by atoms with van der Waals surface area (Å²) >= 11 is 0. The normalized spacial score (nSPS) is 15.7. The molecule has 1 saturated heterocycles. The van der Waals surface area contributed by atoms with Crippen molar-refractivity contribution >= 4 is 0 Å². The van der Waals surface area contributed by atoms with E-state index < -0.39 is 0 Å². The molecule has 1 aliphatic rings. The number of ether oxygens (including phenoxy) is 3. The van der Waals surface area contributed by atoms with Crippen molar-refractivity contribution in [3.8, 4) is 11.5 Å². The molecule has 0 atom stereocenters. The first-order valence-electron chi connectivity index (χ1n) is 8.52. The maximum absolute atomic E-state index is 5.90. The quantitative estimate of drug-likeness (QED) is 0.701. The van der Waals surface area contributed by atoms with E-state index in [1.165, 1.54) is 5.56 Å². The summed E-state index contributed by atoms with van der Waals surface area (Å²) in [5.74, 6) is 1.88. The minimum Gasteiger partial charge on any atom is -0.494 e. The van der Waals surface area contributed by atoms with Gasteiger partial charge in [0.25, 0.3) is 0 Å². The number of benzene rings is 1. The van der Waals surface area contributed by atoms with Gasteiger partial charge in [0.1, 0.15) is 11.5 Å². The molecule has 0 unspecified atom stereocenters. The van der Waals surface area contributed by atoms with Crippen LogP contribution in [0.2, 0.25) is 0 Å². The molecule has 1 aliphatic heterocycles. The molecule has 124 valence electrons. The van der Waals surface area contributed by atoms with Gasteiger partial charge in [-0.05, 0) is 44.4 Å². The van der Waals surface area contributed by atoms with Crippen LogP contribution in [0.1, 0.15) is 32.3 Å². The van der Waals surface area contributed by atoms with Crippen molar-refractivity contribution < 1.29 is 14.2 Å². The number of nitrogens with zero attached hydrogens (tertiary/aromatic N) is 1. The Morgan fingerprint density at radius 3 is 2.68 bits per heavy atom. The van der Waals surface area contributed by atoms with Crippen LogP contribution in [0.15, 0.2) is 18.2 Å². The molecule has 0 amide bonds. The lowest BCUT2D eigenvalue weighted by molar-refractivity contribution is 0.0374. The Balaban J connectivity index is 1.89. The Morgan fingerprint density at radius 2 is 1.95 bits per heavy atom.